The largest absolute Gasteiger partial charge is 0.469 e. The van der Waals surface area contributed by atoms with Gasteiger partial charge in [0.2, 0.25) is 0 Å². The molecule has 15 heavy (non-hydrogen) atoms. The monoisotopic (exact) mass is 209 g/mol. The van der Waals surface area contributed by atoms with Crippen LogP contribution in [0.15, 0.2) is 22.8 Å². The lowest BCUT2D eigenvalue weighted by molar-refractivity contribution is 0.0519. The number of nitrogens with one attached hydrogen (secondary N) is 1. The summed E-state index contributed by atoms with van der Waals surface area (Å²) in [5, 5.41) is 3.33. The van der Waals surface area contributed by atoms with Crippen LogP contribution in [0.5, 0.6) is 0 Å². The van der Waals surface area contributed by atoms with E-state index >= 15 is 0 Å². The van der Waals surface area contributed by atoms with Gasteiger partial charge in [-0.1, -0.05) is 0 Å². The third-order valence-corrected chi connectivity index (χ3v) is 3.13. The van der Waals surface area contributed by atoms with Crippen LogP contribution in [0.3, 0.4) is 0 Å². The first-order valence-corrected chi connectivity index (χ1v) is 5.57. The molecule has 1 aliphatic rings. The van der Waals surface area contributed by atoms with E-state index in [0.717, 1.165) is 18.1 Å². The molecule has 0 saturated heterocycles. The smallest absolute Gasteiger partial charge is 0.105 e. The summed E-state index contributed by atoms with van der Waals surface area (Å²) in [5.74, 6) is 1.76. The molecule has 0 amide bonds. The van der Waals surface area contributed by atoms with Crippen LogP contribution in [-0.4, -0.2) is 26.3 Å². The molecular formula is C12H19NO2. The predicted octanol–water partition coefficient (Wildman–Crippen LogP) is 1.84. The van der Waals surface area contributed by atoms with Gasteiger partial charge < -0.3 is 14.5 Å². The summed E-state index contributed by atoms with van der Waals surface area (Å²) in [7, 11) is 3.79. The molecule has 1 fully saturated rings. The molecule has 0 aliphatic heterocycles. The van der Waals surface area contributed by atoms with Crippen LogP contribution in [-0.2, 0) is 11.2 Å². The second-order valence-electron chi connectivity index (χ2n) is 4.22. The minimum Gasteiger partial charge on any atom is -0.469 e. The Hall–Kier alpha value is -0.800. The molecule has 1 saturated carbocycles. The van der Waals surface area contributed by atoms with Gasteiger partial charge in [0.1, 0.15) is 5.76 Å². The Balaban J connectivity index is 1.96. The third kappa shape index (κ3) is 2.61. The first kappa shape index (κ1) is 10.7. The molecule has 2 atom stereocenters. The minimum atomic E-state index is 0.320. The molecule has 1 aliphatic carbocycles. The van der Waals surface area contributed by atoms with Crippen LogP contribution in [0, 0.1) is 5.92 Å². The summed E-state index contributed by atoms with van der Waals surface area (Å²) in [6.07, 6.45) is 5.54. The zero-order valence-electron chi connectivity index (χ0n) is 9.40. The van der Waals surface area contributed by atoms with Gasteiger partial charge in [-0.3, -0.25) is 0 Å². The Morgan fingerprint density at radius 1 is 1.60 bits per heavy atom. The number of ether oxygens (including phenoxy) is 1. The highest BCUT2D eigenvalue weighted by Gasteiger charge is 2.36. The maximum Gasteiger partial charge on any atom is 0.105 e. The zero-order chi connectivity index (χ0) is 10.7. The topological polar surface area (TPSA) is 34.4 Å². The summed E-state index contributed by atoms with van der Waals surface area (Å²) in [6, 6.07) is 4.30. The molecule has 0 spiro atoms. The maximum absolute atomic E-state index is 5.57. The van der Waals surface area contributed by atoms with Crippen molar-refractivity contribution in [2.45, 2.75) is 31.4 Å². The lowest BCUT2D eigenvalue weighted by atomic mass is 10.0. The van der Waals surface area contributed by atoms with Gasteiger partial charge in [0.15, 0.2) is 0 Å². The molecule has 0 bridgehead atoms. The summed E-state index contributed by atoms with van der Waals surface area (Å²) >= 11 is 0. The van der Waals surface area contributed by atoms with Crippen molar-refractivity contribution < 1.29 is 9.15 Å². The number of hydrogen-bond acceptors (Lipinski definition) is 3. The number of likely N-dealkylation sites (N-methyl/N-ethyl adjacent to an activating group) is 1. The molecule has 1 aromatic rings. The van der Waals surface area contributed by atoms with Crippen LogP contribution in [0.2, 0.25) is 0 Å². The normalized spacial score (nSPS) is 20.1. The van der Waals surface area contributed by atoms with E-state index < -0.39 is 0 Å². The molecule has 84 valence electrons. The van der Waals surface area contributed by atoms with Gasteiger partial charge >= 0.3 is 0 Å². The predicted molar refractivity (Wildman–Crippen MR) is 58.8 cm³/mol. The lowest BCUT2D eigenvalue weighted by Gasteiger charge is -2.24. The number of hydrogen-bond donors (Lipinski definition) is 1. The van der Waals surface area contributed by atoms with Crippen LogP contribution < -0.4 is 5.32 Å². The Bertz CT molecular complexity index is 280. The fraction of sp³-hybridized carbons (Fsp3) is 0.667. The van der Waals surface area contributed by atoms with E-state index in [-0.39, 0.29) is 0 Å². The summed E-state index contributed by atoms with van der Waals surface area (Å²) in [5.41, 5.74) is 0. The van der Waals surface area contributed by atoms with Crippen LogP contribution in [0.1, 0.15) is 18.6 Å². The quantitative estimate of drug-likeness (QED) is 0.776. The third-order valence-electron chi connectivity index (χ3n) is 3.13. The van der Waals surface area contributed by atoms with E-state index in [1.807, 2.05) is 19.2 Å². The first-order valence-electron chi connectivity index (χ1n) is 5.57. The van der Waals surface area contributed by atoms with E-state index in [9.17, 15) is 0 Å². The number of rotatable bonds is 6. The highest BCUT2D eigenvalue weighted by molar-refractivity contribution is 5.03. The van der Waals surface area contributed by atoms with Gasteiger partial charge in [-0.25, -0.2) is 0 Å². The summed E-state index contributed by atoms with van der Waals surface area (Å²) in [6.45, 7) is 0. The Morgan fingerprint density at radius 3 is 2.87 bits per heavy atom. The van der Waals surface area contributed by atoms with Gasteiger partial charge in [-0.05, 0) is 37.9 Å². The van der Waals surface area contributed by atoms with Gasteiger partial charge in [0.05, 0.1) is 12.4 Å². The van der Waals surface area contributed by atoms with Gasteiger partial charge in [-0.15, -0.1) is 0 Å². The highest BCUT2D eigenvalue weighted by atomic mass is 16.5. The first-order chi connectivity index (χ1) is 7.35. The van der Waals surface area contributed by atoms with E-state index in [0.29, 0.717) is 12.1 Å². The Labute approximate surface area is 90.8 Å². The molecule has 3 heteroatoms. The van der Waals surface area contributed by atoms with Gasteiger partial charge in [0, 0.05) is 19.6 Å². The fourth-order valence-corrected chi connectivity index (χ4v) is 2.14. The maximum atomic E-state index is 5.57. The van der Waals surface area contributed by atoms with E-state index in [4.69, 9.17) is 9.15 Å². The molecule has 1 heterocycles. The van der Waals surface area contributed by atoms with Crippen molar-refractivity contribution in [2.24, 2.45) is 5.92 Å². The average molecular weight is 209 g/mol. The minimum absolute atomic E-state index is 0.320. The number of methoxy groups -OCH3 is 1. The van der Waals surface area contributed by atoms with Crippen LogP contribution in [0.4, 0.5) is 0 Å². The van der Waals surface area contributed by atoms with E-state index in [1.165, 1.54) is 12.8 Å². The van der Waals surface area contributed by atoms with Crippen molar-refractivity contribution in [1.29, 1.82) is 0 Å². The lowest BCUT2D eigenvalue weighted by Crippen LogP contribution is -2.41. The van der Waals surface area contributed by atoms with Crippen molar-refractivity contribution in [3.8, 4) is 0 Å². The van der Waals surface area contributed by atoms with E-state index in [2.05, 4.69) is 5.32 Å². The van der Waals surface area contributed by atoms with Crippen LogP contribution in [0.25, 0.3) is 0 Å². The van der Waals surface area contributed by atoms with Crippen molar-refractivity contribution >= 4 is 0 Å². The Morgan fingerprint density at radius 2 is 2.40 bits per heavy atom. The molecular weight excluding hydrogens is 190 g/mol. The highest BCUT2D eigenvalue weighted by Crippen LogP contribution is 2.36. The summed E-state index contributed by atoms with van der Waals surface area (Å²) in [4.78, 5) is 0. The molecule has 2 rings (SSSR count). The van der Waals surface area contributed by atoms with Crippen molar-refractivity contribution in [3.63, 3.8) is 0 Å². The second kappa shape index (κ2) is 4.81. The molecule has 2 unspecified atom stereocenters. The van der Waals surface area contributed by atoms with Gasteiger partial charge in [-0.2, -0.15) is 0 Å². The SMILES string of the molecule is CNC(Cc1ccco1)C(OC)C1CC1. The molecule has 1 aromatic heterocycles. The van der Waals surface area contributed by atoms with Crippen molar-refractivity contribution in [1.82, 2.24) is 5.32 Å². The molecule has 1 N–H and O–H groups in total. The molecule has 0 radical (unpaired) electrons. The average Bonchev–Trinajstić information content (AvgIpc) is 2.95. The molecule has 0 aromatic carbocycles. The fourth-order valence-electron chi connectivity index (χ4n) is 2.14. The van der Waals surface area contributed by atoms with E-state index in [1.54, 1.807) is 13.4 Å². The number of furan rings is 1. The van der Waals surface area contributed by atoms with Crippen molar-refractivity contribution in [2.75, 3.05) is 14.2 Å². The van der Waals surface area contributed by atoms with Crippen LogP contribution >= 0.6 is 0 Å². The Kier molecular flexibility index (Phi) is 3.44. The zero-order valence-corrected chi connectivity index (χ0v) is 9.40. The second-order valence-corrected chi connectivity index (χ2v) is 4.22. The standard InChI is InChI=1S/C12H19NO2/c1-13-11(8-10-4-3-7-15-10)12(14-2)9-5-6-9/h3-4,7,9,11-13H,5-6,8H2,1-2H3. The molecule has 3 nitrogen and oxygen atoms in total. The van der Waals surface area contributed by atoms with Crippen molar-refractivity contribution in [3.05, 3.63) is 24.2 Å². The van der Waals surface area contributed by atoms with Gasteiger partial charge in [0.25, 0.3) is 0 Å². The summed E-state index contributed by atoms with van der Waals surface area (Å²) < 4.78 is 10.9.